The van der Waals surface area contributed by atoms with Gasteiger partial charge in [0.1, 0.15) is 0 Å². The number of nitrogens with one attached hydrogen (secondary N) is 2. The van der Waals surface area contributed by atoms with Crippen molar-refractivity contribution in [3.05, 3.63) is 12.2 Å². The van der Waals surface area contributed by atoms with E-state index in [-0.39, 0.29) is 12.1 Å². The Morgan fingerprint density at radius 1 is 1.04 bits per heavy atom. The first kappa shape index (κ1) is 16.6. The summed E-state index contributed by atoms with van der Waals surface area (Å²) in [7, 11) is 0. The molecule has 4 nitrogen and oxygen atoms in total. The molecule has 4 fully saturated rings. The van der Waals surface area contributed by atoms with Crippen LogP contribution >= 0.6 is 0 Å². The summed E-state index contributed by atoms with van der Waals surface area (Å²) in [6.07, 6.45) is 15.7. The van der Waals surface area contributed by atoms with Crippen LogP contribution in [0.1, 0.15) is 64.7 Å². The van der Waals surface area contributed by atoms with Gasteiger partial charge in [-0.15, -0.1) is 0 Å². The molecule has 0 radical (unpaired) electrons. The van der Waals surface area contributed by atoms with Crippen LogP contribution in [-0.2, 0) is 4.79 Å². The number of fused-ring (bicyclic) bond motifs is 2. The minimum absolute atomic E-state index is 0.179. The molecule has 1 heterocycles. The monoisotopic (exact) mass is 331 g/mol. The first-order valence-electron chi connectivity index (χ1n) is 10.2. The Morgan fingerprint density at radius 2 is 1.88 bits per heavy atom. The highest BCUT2D eigenvalue weighted by atomic mass is 16.2. The fourth-order valence-corrected chi connectivity index (χ4v) is 5.56. The molecule has 4 rings (SSSR count). The zero-order valence-corrected chi connectivity index (χ0v) is 15.0. The van der Waals surface area contributed by atoms with E-state index >= 15 is 0 Å². The summed E-state index contributed by atoms with van der Waals surface area (Å²) >= 11 is 0. The Balaban J connectivity index is 1.43. The Hall–Kier alpha value is -0.870. The zero-order chi connectivity index (χ0) is 16.5. The summed E-state index contributed by atoms with van der Waals surface area (Å²) in [5.74, 6) is 3.33. The topological polar surface area (TPSA) is 44.4 Å². The molecule has 4 atom stereocenters. The van der Waals surface area contributed by atoms with Crippen LogP contribution in [0.5, 0.6) is 0 Å². The van der Waals surface area contributed by atoms with Crippen molar-refractivity contribution in [2.75, 3.05) is 6.54 Å². The number of carbonyl (C=O) groups is 1. The summed E-state index contributed by atoms with van der Waals surface area (Å²) in [6.45, 7) is 3.31. The lowest BCUT2D eigenvalue weighted by Crippen LogP contribution is -2.53. The van der Waals surface area contributed by atoms with Crippen molar-refractivity contribution in [1.29, 1.82) is 0 Å². The van der Waals surface area contributed by atoms with Gasteiger partial charge in [-0.1, -0.05) is 32.3 Å². The molecule has 24 heavy (non-hydrogen) atoms. The van der Waals surface area contributed by atoms with E-state index in [0.29, 0.717) is 12.0 Å². The smallest absolute Gasteiger partial charge is 0.247 e. The third-order valence-electron chi connectivity index (χ3n) is 7.03. The highest BCUT2D eigenvalue weighted by Gasteiger charge is 2.45. The number of hydrazine groups is 1. The lowest BCUT2D eigenvalue weighted by Gasteiger charge is -2.38. The van der Waals surface area contributed by atoms with Gasteiger partial charge in [0, 0.05) is 12.6 Å². The second kappa shape index (κ2) is 7.17. The average molecular weight is 332 g/mol. The van der Waals surface area contributed by atoms with Gasteiger partial charge in [-0.05, 0) is 68.3 Å². The van der Waals surface area contributed by atoms with E-state index in [0.717, 1.165) is 30.7 Å². The molecule has 3 aliphatic carbocycles. The van der Waals surface area contributed by atoms with Crippen molar-refractivity contribution < 1.29 is 4.79 Å². The van der Waals surface area contributed by atoms with Gasteiger partial charge in [0.15, 0.2) is 0 Å². The number of rotatable bonds is 4. The molecule has 1 aliphatic heterocycles. The van der Waals surface area contributed by atoms with E-state index < -0.39 is 0 Å². The molecule has 0 spiro atoms. The summed E-state index contributed by atoms with van der Waals surface area (Å²) in [6, 6.07) is 0.463. The van der Waals surface area contributed by atoms with Gasteiger partial charge >= 0.3 is 0 Å². The number of hydrogen-bond donors (Lipinski definition) is 2. The minimum atomic E-state index is 0.179. The first-order valence-corrected chi connectivity index (χ1v) is 10.2. The molecule has 4 unspecified atom stereocenters. The second-order valence-electron chi connectivity index (χ2n) is 8.74. The molecular formula is C20H33N3O. The summed E-state index contributed by atoms with van der Waals surface area (Å²) in [4.78, 5) is 15.3. The van der Waals surface area contributed by atoms with Crippen LogP contribution in [-0.4, -0.2) is 29.6 Å². The number of amides is 1. The van der Waals surface area contributed by atoms with E-state index in [1.54, 1.807) is 0 Å². The first-order chi connectivity index (χ1) is 11.7. The highest BCUT2D eigenvalue weighted by Crippen LogP contribution is 2.47. The van der Waals surface area contributed by atoms with Crippen molar-refractivity contribution in [3.8, 4) is 0 Å². The van der Waals surface area contributed by atoms with E-state index in [1.807, 2.05) is 6.08 Å². The van der Waals surface area contributed by atoms with E-state index in [1.165, 1.54) is 51.4 Å². The lowest BCUT2D eigenvalue weighted by molar-refractivity contribution is -0.132. The van der Waals surface area contributed by atoms with E-state index in [4.69, 9.17) is 0 Å². The normalized spacial score (nSPS) is 42.0. The third-order valence-corrected chi connectivity index (χ3v) is 7.03. The molecule has 4 aliphatic rings. The number of hydrogen-bond acceptors (Lipinski definition) is 3. The van der Waals surface area contributed by atoms with Crippen molar-refractivity contribution in [2.24, 2.45) is 23.7 Å². The molecule has 3 saturated carbocycles. The molecule has 2 bridgehead atoms. The molecule has 2 N–H and O–H groups in total. The van der Waals surface area contributed by atoms with Gasteiger partial charge in [0.05, 0.1) is 6.17 Å². The summed E-state index contributed by atoms with van der Waals surface area (Å²) in [5, 5.41) is 0. The maximum Gasteiger partial charge on any atom is 0.247 e. The van der Waals surface area contributed by atoms with Crippen molar-refractivity contribution in [3.63, 3.8) is 0 Å². The number of allylic oxidation sites excluding steroid dienone is 1. The molecule has 1 saturated heterocycles. The minimum Gasteiger partial charge on any atom is -0.319 e. The molecule has 0 aromatic heterocycles. The predicted molar refractivity (Wildman–Crippen MR) is 95.9 cm³/mol. The molecular weight excluding hydrogens is 298 g/mol. The Kier molecular flexibility index (Phi) is 4.95. The zero-order valence-electron chi connectivity index (χ0n) is 15.0. The van der Waals surface area contributed by atoms with Gasteiger partial charge in [0.2, 0.25) is 5.91 Å². The van der Waals surface area contributed by atoms with E-state index in [9.17, 15) is 4.79 Å². The highest BCUT2D eigenvalue weighted by molar-refractivity contribution is 5.88. The quantitative estimate of drug-likeness (QED) is 0.778. The van der Waals surface area contributed by atoms with Gasteiger partial charge in [0.25, 0.3) is 0 Å². The lowest BCUT2D eigenvalue weighted by atomic mass is 9.83. The Labute approximate surface area is 146 Å². The maximum absolute atomic E-state index is 13.1. The number of carbonyl (C=O) groups excluding carboxylic acids is 1. The van der Waals surface area contributed by atoms with Crippen molar-refractivity contribution >= 4 is 5.91 Å². The predicted octanol–water partition coefficient (Wildman–Crippen LogP) is 3.21. The third kappa shape index (κ3) is 3.41. The molecule has 0 aromatic rings. The second-order valence-corrected chi connectivity index (χ2v) is 8.74. The van der Waals surface area contributed by atoms with Crippen LogP contribution in [0.25, 0.3) is 0 Å². The maximum atomic E-state index is 13.1. The van der Waals surface area contributed by atoms with Crippen LogP contribution in [0.4, 0.5) is 0 Å². The summed E-state index contributed by atoms with van der Waals surface area (Å²) < 4.78 is 0. The largest absolute Gasteiger partial charge is 0.319 e. The van der Waals surface area contributed by atoms with Crippen LogP contribution in [0, 0.1) is 23.7 Å². The fraction of sp³-hybridized carbons (Fsp3) is 0.850. The van der Waals surface area contributed by atoms with Crippen molar-refractivity contribution in [2.45, 2.75) is 76.9 Å². The van der Waals surface area contributed by atoms with Crippen LogP contribution in [0.2, 0.25) is 0 Å². The molecule has 4 heteroatoms. The Morgan fingerprint density at radius 3 is 2.50 bits per heavy atom. The van der Waals surface area contributed by atoms with Gasteiger partial charge in [-0.2, -0.15) is 0 Å². The van der Waals surface area contributed by atoms with Crippen LogP contribution in [0.3, 0.4) is 0 Å². The fourth-order valence-electron chi connectivity index (χ4n) is 5.56. The van der Waals surface area contributed by atoms with Crippen LogP contribution in [0.15, 0.2) is 12.2 Å². The van der Waals surface area contributed by atoms with E-state index in [2.05, 4.69) is 28.8 Å². The van der Waals surface area contributed by atoms with Gasteiger partial charge < -0.3 is 4.90 Å². The number of nitrogens with zero attached hydrogens (tertiary/aromatic N) is 1. The Bertz CT molecular complexity index is 477. The average Bonchev–Trinajstić information content (AvgIpc) is 3.33. The van der Waals surface area contributed by atoms with Gasteiger partial charge in [-0.3, -0.25) is 10.2 Å². The SMILES string of the molecule is CC1CCC(/C=C/C(=O)N(C2CCNN2)C2CC3CCC2C3)CC1. The van der Waals surface area contributed by atoms with Crippen molar-refractivity contribution in [1.82, 2.24) is 15.8 Å². The summed E-state index contributed by atoms with van der Waals surface area (Å²) in [5.41, 5.74) is 6.56. The molecule has 134 valence electrons. The van der Waals surface area contributed by atoms with Crippen LogP contribution < -0.4 is 10.9 Å². The standard InChI is InChI=1S/C20H33N3O/c1-14-2-4-15(5-3-14)7-9-20(24)23(19-10-11-21-22-19)18-13-16-6-8-17(18)12-16/h7,9,14-19,21-22H,2-6,8,10-13H2,1H3/b9-7+. The van der Waals surface area contributed by atoms with Gasteiger partial charge in [-0.25, -0.2) is 5.43 Å². The molecule has 1 amide bonds. The molecule has 0 aromatic carbocycles.